The maximum atomic E-state index is 6.23. The number of hydrogen-bond acceptors (Lipinski definition) is 3. The maximum Gasteiger partial charge on any atom is 0.0552 e. The van der Waals surface area contributed by atoms with Crippen LogP contribution in [0.1, 0.15) is 39.4 Å². The van der Waals surface area contributed by atoms with Crippen molar-refractivity contribution in [2.24, 2.45) is 0 Å². The molecule has 1 aromatic heterocycles. The monoisotopic (exact) mass is 315 g/mol. The summed E-state index contributed by atoms with van der Waals surface area (Å²) >= 11 is 0. The molecule has 3 nitrogen and oxygen atoms in total. The van der Waals surface area contributed by atoms with Crippen molar-refractivity contribution in [3.05, 3.63) is 76.1 Å². The van der Waals surface area contributed by atoms with E-state index in [9.17, 15) is 0 Å². The number of anilines is 2. The second kappa shape index (κ2) is 5.10. The molecule has 0 bridgehead atoms. The van der Waals surface area contributed by atoms with Gasteiger partial charge in [0.15, 0.2) is 0 Å². The summed E-state index contributed by atoms with van der Waals surface area (Å²) in [7, 11) is 0. The number of aryl methyl sites for hydroxylation is 1. The van der Waals surface area contributed by atoms with Gasteiger partial charge in [0.1, 0.15) is 0 Å². The van der Waals surface area contributed by atoms with E-state index < -0.39 is 0 Å². The first-order valence-electron chi connectivity index (χ1n) is 8.20. The van der Waals surface area contributed by atoms with E-state index in [1.165, 1.54) is 27.8 Å². The molecule has 24 heavy (non-hydrogen) atoms. The van der Waals surface area contributed by atoms with Crippen molar-refractivity contribution in [2.75, 3.05) is 11.5 Å². The zero-order chi connectivity index (χ0) is 17.0. The number of nitrogens with zero attached hydrogens (tertiary/aromatic N) is 1. The lowest BCUT2D eigenvalue weighted by atomic mass is 9.86. The van der Waals surface area contributed by atoms with Crippen molar-refractivity contribution >= 4 is 11.4 Å². The number of fused-ring (bicyclic) bond motifs is 3. The van der Waals surface area contributed by atoms with E-state index in [2.05, 4.69) is 39.0 Å². The predicted molar refractivity (Wildman–Crippen MR) is 100 cm³/mol. The molecule has 0 radical (unpaired) electrons. The van der Waals surface area contributed by atoms with Crippen LogP contribution in [0.25, 0.3) is 11.1 Å². The number of hydrogen-bond donors (Lipinski definition) is 2. The van der Waals surface area contributed by atoms with E-state index in [1.807, 2.05) is 24.4 Å². The standard InChI is InChI=1S/C21H21N3/c1-11-5-4-10-24-21(11)20-18-12(2)16(22)8-6-14(18)15-7-9-17(23)13(3)19(15)20/h4-10,20H,22-23H2,1-3H3. The molecular weight excluding hydrogens is 294 g/mol. The Kier molecular flexibility index (Phi) is 3.14. The molecule has 4 N–H and O–H groups in total. The Hall–Kier alpha value is -2.81. The van der Waals surface area contributed by atoms with Gasteiger partial charge in [0, 0.05) is 17.6 Å². The van der Waals surface area contributed by atoms with Crippen LogP contribution in [-0.4, -0.2) is 4.98 Å². The molecule has 0 saturated heterocycles. The van der Waals surface area contributed by atoms with Gasteiger partial charge < -0.3 is 11.5 Å². The van der Waals surface area contributed by atoms with E-state index in [-0.39, 0.29) is 5.92 Å². The van der Waals surface area contributed by atoms with Crippen LogP contribution in [0, 0.1) is 20.8 Å². The second-order valence-corrected chi connectivity index (χ2v) is 6.62. The lowest BCUT2D eigenvalue weighted by Crippen LogP contribution is -2.08. The van der Waals surface area contributed by atoms with E-state index in [0.717, 1.165) is 28.2 Å². The van der Waals surface area contributed by atoms with Crippen LogP contribution in [0.5, 0.6) is 0 Å². The Morgan fingerprint density at radius 3 is 1.83 bits per heavy atom. The molecule has 1 aliphatic rings. The van der Waals surface area contributed by atoms with Gasteiger partial charge >= 0.3 is 0 Å². The summed E-state index contributed by atoms with van der Waals surface area (Å²) in [5.41, 5.74) is 23.7. The molecule has 0 aliphatic heterocycles. The first-order valence-corrected chi connectivity index (χ1v) is 8.20. The molecule has 0 saturated carbocycles. The van der Waals surface area contributed by atoms with Gasteiger partial charge in [-0.1, -0.05) is 18.2 Å². The average Bonchev–Trinajstić information content (AvgIpc) is 2.90. The number of nitrogens with two attached hydrogens (primary N) is 2. The van der Waals surface area contributed by atoms with Crippen molar-refractivity contribution in [1.29, 1.82) is 0 Å². The highest BCUT2D eigenvalue weighted by Gasteiger charge is 2.35. The Labute approximate surface area is 142 Å². The zero-order valence-corrected chi connectivity index (χ0v) is 14.2. The lowest BCUT2D eigenvalue weighted by Gasteiger charge is -2.20. The minimum absolute atomic E-state index is 0.0863. The minimum Gasteiger partial charge on any atom is -0.399 e. The highest BCUT2D eigenvalue weighted by Crippen LogP contribution is 2.52. The highest BCUT2D eigenvalue weighted by atomic mass is 14.7. The largest absolute Gasteiger partial charge is 0.399 e. The van der Waals surface area contributed by atoms with Crippen molar-refractivity contribution in [1.82, 2.24) is 4.98 Å². The molecule has 0 amide bonds. The molecule has 3 heteroatoms. The lowest BCUT2D eigenvalue weighted by molar-refractivity contribution is 0.912. The van der Waals surface area contributed by atoms with Crippen molar-refractivity contribution in [3.8, 4) is 11.1 Å². The molecular formula is C21H21N3. The third kappa shape index (κ3) is 1.88. The highest BCUT2D eigenvalue weighted by molar-refractivity contribution is 5.86. The third-order valence-corrected chi connectivity index (χ3v) is 5.30. The molecule has 0 unspecified atom stereocenters. The van der Waals surface area contributed by atoms with E-state index in [0.29, 0.717) is 0 Å². The fraction of sp³-hybridized carbons (Fsp3) is 0.190. The topological polar surface area (TPSA) is 64.9 Å². The van der Waals surface area contributed by atoms with Crippen LogP contribution in [0.15, 0.2) is 42.6 Å². The molecule has 2 aromatic carbocycles. The second-order valence-electron chi connectivity index (χ2n) is 6.62. The summed E-state index contributed by atoms with van der Waals surface area (Å²) in [5.74, 6) is 0.0863. The molecule has 0 fully saturated rings. The number of nitrogen functional groups attached to an aromatic ring is 2. The van der Waals surface area contributed by atoms with Crippen molar-refractivity contribution < 1.29 is 0 Å². The minimum atomic E-state index is 0.0863. The summed E-state index contributed by atoms with van der Waals surface area (Å²) in [6, 6.07) is 12.3. The number of aromatic nitrogens is 1. The van der Waals surface area contributed by atoms with Gasteiger partial charge in [0.05, 0.1) is 11.6 Å². The van der Waals surface area contributed by atoms with Crippen LogP contribution < -0.4 is 11.5 Å². The summed E-state index contributed by atoms with van der Waals surface area (Å²) in [4.78, 5) is 4.72. The molecule has 1 aliphatic carbocycles. The normalized spacial score (nSPS) is 13.0. The number of benzene rings is 2. The first-order chi connectivity index (χ1) is 11.5. The molecule has 4 rings (SSSR count). The Morgan fingerprint density at radius 1 is 0.792 bits per heavy atom. The van der Waals surface area contributed by atoms with Crippen molar-refractivity contribution in [3.63, 3.8) is 0 Å². The van der Waals surface area contributed by atoms with Crippen LogP contribution in [0.4, 0.5) is 11.4 Å². The summed E-state index contributed by atoms with van der Waals surface area (Å²) in [6.07, 6.45) is 1.86. The molecule has 0 spiro atoms. The summed E-state index contributed by atoms with van der Waals surface area (Å²) < 4.78 is 0. The predicted octanol–water partition coefficient (Wildman–Crippen LogP) is 4.33. The first kappa shape index (κ1) is 14.8. The van der Waals surface area contributed by atoms with E-state index in [1.54, 1.807) is 0 Å². The van der Waals surface area contributed by atoms with Gasteiger partial charge in [-0.2, -0.15) is 0 Å². The summed E-state index contributed by atoms with van der Waals surface area (Å²) in [6.45, 7) is 6.32. The Bertz CT molecular complexity index is 916. The summed E-state index contributed by atoms with van der Waals surface area (Å²) in [5, 5.41) is 0. The van der Waals surface area contributed by atoms with E-state index >= 15 is 0 Å². The third-order valence-electron chi connectivity index (χ3n) is 5.30. The molecule has 120 valence electrons. The van der Waals surface area contributed by atoms with Gasteiger partial charge in [0.25, 0.3) is 0 Å². The van der Waals surface area contributed by atoms with Crippen LogP contribution in [-0.2, 0) is 0 Å². The number of rotatable bonds is 1. The van der Waals surface area contributed by atoms with Gasteiger partial charge in [-0.25, -0.2) is 0 Å². The van der Waals surface area contributed by atoms with Crippen molar-refractivity contribution in [2.45, 2.75) is 26.7 Å². The molecule has 3 aromatic rings. The van der Waals surface area contributed by atoms with Gasteiger partial charge in [-0.3, -0.25) is 4.98 Å². The number of pyridine rings is 1. The Morgan fingerprint density at radius 2 is 1.33 bits per heavy atom. The van der Waals surface area contributed by atoms with Gasteiger partial charge in [-0.05, 0) is 77.9 Å². The van der Waals surface area contributed by atoms with Gasteiger partial charge in [0.2, 0.25) is 0 Å². The maximum absolute atomic E-state index is 6.23. The Balaban J connectivity index is 2.13. The SMILES string of the molecule is Cc1cccnc1C1c2c(ccc(N)c2C)-c2ccc(N)c(C)c21. The van der Waals surface area contributed by atoms with E-state index in [4.69, 9.17) is 16.5 Å². The fourth-order valence-electron chi connectivity index (χ4n) is 3.92. The average molecular weight is 315 g/mol. The van der Waals surface area contributed by atoms with Crippen LogP contribution >= 0.6 is 0 Å². The quantitative estimate of drug-likeness (QED) is 0.514. The van der Waals surface area contributed by atoms with Crippen LogP contribution in [0.3, 0.4) is 0 Å². The zero-order valence-electron chi connectivity index (χ0n) is 14.2. The molecule has 0 atom stereocenters. The fourth-order valence-corrected chi connectivity index (χ4v) is 3.92. The van der Waals surface area contributed by atoms with Crippen LogP contribution in [0.2, 0.25) is 0 Å². The smallest absolute Gasteiger partial charge is 0.0552 e. The molecule has 1 heterocycles. The van der Waals surface area contributed by atoms with Gasteiger partial charge in [-0.15, -0.1) is 0 Å².